The number of rotatable bonds is 9. The molecule has 3 amide bonds. The Labute approximate surface area is 324 Å². The number of piperidine rings is 2. The van der Waals surface area contributed by atoms with Gasteiger partial charge in [-0.2, -0.15) is 5.10 Å². The van der Waals surface area contributed by atoms with Crippen LogP contribution < -0.4 is 21.2 Å². The molecule has 8 rings (SSSR count). The Hall–Kier alpha value is -5.41. The summed E-state index contributed by atoms with van der Waals surface area (Å²) in [6.07, 6.45) is 11.7. The largest absolute Gasteiger partial charge is 0.386 e. The van der Waals surface area contributed by atoms with Crippen LogP contribution in [0.5, 0.6) is 0 Å². The van der Waals surface area contributed by atoms with E-state index in [-0.39, 0.29) is 35.7 Å². The van der Waals surface area contributed by atoms with Crippen molar-refractivity contribution < 1.29 is 19.5 Å². The van der Waals surface area contributed by atoms with Gasteiger partial charge in [-0.15, -0.1) is 0 Å². The molecule has 3 fully saturated rings. The van der Waals surface area contributed by atoms with Gasteiger partial charge in [0.15, 0.2) is 0 Å². The first kappa shape index (κ1) is 37.5. The van der Waals surface area contributed by atoms with Crippen molar-refractivity contribution in [3.8, 4) is 0 Å². The predicted octanol–water partition coefficient (Wildman–Crippen LogP) is 4.27. The number of imide groups is 1. The number of para-hydroxylation sites is 1. The fraction of sp³-hybridized carbons (Fsp3) is 0.488. The lowest BCUT2D eigenvalue weighted by Crippen LogP contribution is -2.45. The third-order valence-electron chi connectivity index (χ3n) is 12.2. The van der Waals surface area contributed by atoms with E-state index in [1.807, 2.05) is 24.3 Å². The molecule has 1 saturated carbocycles. The Morgan fingerprint density at radius 3 is 2.50 bits per heavy atom. The Morgan fingerprint density at radius 1 is 1.04 bits per heavy atom. The van der Waals surface area contributed by atoms with Crippen LogP contribution in [0.4, 0.5) is 11.4 Å². The van der Waals surface area contributed by atoms with Crippen LogP contribution in [0.1, 0.15) is 93.3 Å². The van der Waals surface area contributed by atoms with E-state index in [2.05, 4.69) is 54.4 Å². The van der Waals surface area contributed by atoms with Crippen molar-refractivity contribution in [3.05, 3.63) is 76.9 Å². The van der Waals surface area contributed by atoms with Crippen molar-refractivity contribution in [1.82, 2.24) is 39.1 Å². The SMILES string of the molecule is CN(CC1CCC(n2cc3cc(NC(=O)c4ccncn4)c(C(C)(C)O)cc3n2)CC1)C1CCN(c2cccc3c2n(C)c(=O)n3C2CCC(=O)NC2=O)CC1. The second-order valence-electron chi connectivity index (χ2n) is 16.3. The first-order valence-electron chi connectivity index (χ1n) is 19.7. The highest BCUT2D eigenvalue weighted by Crippen LogP contribution is 2.37. The van der Waals surface area contributed by atoms with Crippen LogP contribution in [0.25, 0.3) is 21.9 Å². The molecule has 15 nitrogen and oxygen atoms in total. The number of nitrogens with zero attached hydrogens (tertiary/aromatic N) is 8. The molecular weight excluding hydrogens is 713 g/mol. The van der Waals surface area contributed by atoms with Gasteiger partial charge in [0.2, 0.25) is 11.8 Å². The average Bonchev–Trinajstić information content (AvgIpc) is 3.72. The number of aromatic nitrogens is 6. The lowest BCUT2D eigenvalue weighted by molar-refractivity contribution is -0.135. The highest BCUT2D eigenvalue weighted by atomic mass is 16.3. The van der Waals surface area contributed by atoms with E-state index in [9.17, 15) is 24.3 Å². The number of amides is 3. The molecule has 294 valence electrons. The predicted molar refractivity (Wildman–Crippen MR) is 212 cm³/mol. The lowest BCUT2D eigenvalue weighted by atomic mass is 9.85. The molecule has 1 aliphatic carbocycles. The van der Waals surface area contributed by atoms with Crippen molar-refractivity contribution >= 4 is 51.0 Å². The van der Waals surface area contributed by atoms with Crippen LogP contribution in [-0.4, -0.2) is 89.3 Å². The molecule has 0 bridgehead atoms. The van der Waals surface area contributed by atoms with Crippen LogP contribution in [0, 0.1) is 5.92 Å². The molecule has 56 heavy (non-hydrogen) atoms. The number of aliphatic hydroxyl groups is 1. The summed E-state index contributed by atoms with van der Waals surface area (Å²) in [5, 5.41) is 22.2. The van der Waals surface area contributed by atoms with Gasteiger partial charge < -0.3 is 20.2 Å². The lowest BCUT2D eigenvalue weighted by Gasteiger charge is -2.40. The molecule has 0 spiro atoms. The first-order chi connectivity index (χ1) is 26.9. The molecule has 1 unspecified atom stereocenters. The number of aryl methyl sites for hydroxylation is 1. The van der Waals surface area contributed by atoms with Crippen molar-refractivity contribution in [1.29, 1.82) is 0 Å². The molecule has 15 heteroatoms. The topological polar surface area (TPSA) is 173 Å². The summed E-state index contributed by atoms with van der Waals surface area (Å²) in [6.45, 7) is 6.18. The van der Waals surface area contributed by atoms with Gasteiger partial charge in [0.1, 0.15) is 18.1 Å². The summed E-state index contributed by atoms with van der Waals surface area (Å²) in [6, 6.07) is 11.2. The van der Waals surface area contributed by atoms with Gasteiger partial charge in [-0.25, -0.2) is 14.8 Å². The highest BCUT2D eigenvalue weighted by Gasteiger charge is 2.33. The van der Waals surface area contributed by atoms with Gasteiger partial charge in [-0.3, -0.25) is 33.5 Å². The summed E-state index contributed by atoms with van der Waals surface area (Å²) >= 11 is 0. The van der Waals surface area contributed by atoms with Crippen molar-refractivity contribution in [3.63, 3.8) is 0 Å². The minimum atomic E-state index is -1.20. The van der Waals surface area contributed by atoms with Gasteiger partial charge in [0.05, 0.1) is 33.9 Å². The van der Waals surface area contributed by atoms with Crippen LogP contribution in [0.3, 0.4) is 0 Å². The summed E-state index contributed by atoms with van der Waals surface area (Å²) in [5.74, 6) is -0.497. The molecular formula is C41H50N10O5. The van der Waals surface area contributed by atoms with Crippen LogP contribution in [0.2, 0.25) is 0 Å². The number of benzene rings is 2. The van der Waals surface area contributed by atoms with Crippen molar-refractivity contribution in [2.75, 3.05) is 36.9 Å². The third kappa shape index (κ3) is 7.20. The number of fused-ring (bicyclic) bond motifs is 2. The molecule has 5 aromatic rings. The third-order valence-corrected chi connectivity index (χ3v) is 12.2. The van der Waals surface area contributed by atoms with Crippen LogP contribution in [-0.2, 0) is 22.2 Å². The average molecular weight is 763 g/mol. The standard InChI is InChI=1S/C41H50N10O5/c1-41(2,56)29-21-31-26(20-32(29)44-38(53)30-14-17-42-24-43-30)23-50(46-31)28-10-8-25(9-11-28)22-47(3)27-15-18-49(19-16-27)33-6-5-7-34-37(33)48(4)40(55)51(34)35-12-13-36(52)45-39(35)54/h5-7,14,17,20-21,23-25,27-28,35,56H,8-13,15-16,18-19,22H2,1-4H3,(H,44,53)(H,45,52,54). The fourth-order valence-electron chi connectivity index (χ4n) is 9.10. The van der Waals surface area contributed by atoms with Crippen LogP contribution in [0.15, 0.2) is 59.9 Å². The van der Waals surface area contributed by atoms with Crippen molar-refractivity contribution in [2.45, 2.75) is 88.9 Å². The van der Waals surface area contributed by atoms with Crippen LogP contribution >= 0.6 is 0 Å². The smallest absolute Gasteiger partial charge is 0.329 e. The molecule has 5 heterocycles. The van der Waals surface area contributed by atoms with Gasteiger partial charge in [-0.05, 0) is 102 Å². The molecule has 2 saturated heterocycles. The summed E-state index contributed by atoms with van der Waals surface area (Å²) in [7, 11) is 4.01. The second-order valence-corrected chi connectivity index (χ2v) is 16.3. The van der Waals surface area contributed by atoms with Crippen molar-refractivity contribution in [2.24, 2.45) is 13.0 Å². The van der Waals surface area contributed by atoms with Gasteiger partial charge in [-0.1, -0.05) is 6.07 Å². The van der Waals surface area contributed by atoms with Gasteiger partial charge in [0.25, 0.3) is 5.91 Å². The van der Waals surface area contributed by atoms with E-state index < -0.39 is 17.6 Å². The Bertz CT molecular complexity index is 2340. The number of imidazole rings is 1. The first-order valence-corrected chi connectivity index (χ1v) is 19.7. The molecule has 2 aliphatic heterocycles. The maximum atomic E-state index is 13.5. The summed E-state index contributed by atoms with van der Waals surface area (Å²) in [5.41, 5.74) is 3.22. The molecule has 3 N–H and O–H groups in total. The highest BCUT2D eigenvalue weighted by molar-refractivity contribution is 6.04. The van der Waals surface area contributed by atoms with E-state index in [1.165, 1.54) is 12.5 Å². The summed E-state index contributed by atoms with van der Waals surface area (Å²) in [4.78, 5) is 63.8. The maximum absolute atomic E-state index is 13.5. The van der Waals surface area contributed by atoms with E-state index in [0.717, 1.165) is 85.8 Å². The quantitative estimate of drug-likeness (QED) is 0.184. The zero-order valence-corrected chi connectivity index (χ0v) is 32.4. The van der Waals surface area contributed by atoms with E-state index in [0.29, 0.717) is 29.6 Å². The Morgan fingerprint density at radius 2 is 1.80 bits per heavy atom. The van der Waals surface area contributed by atoms with E-state index >= 15 is 0 Å². The monoisotopic (exact) mass is 762 g/mol. The molecule has 3 aliphatic rings. The van der Waals surface area contributed by atoms with Gasteiger partial charge in [0, 0.05) is 68.2 Å². The molecule has 2 aromatic carbocycles. The van der Waals surface area contributed by atoms with E-state index in [1.54, 1.807) is 36.1 Å². The fourth-order valence-corrected chi connectivity index (χ4v) is 9.10. The molecule has 3 aromatic heterocycles. The normalized spacial score (nSPS) is 21.2. The Kier molecular flexibility index (Phi) is 9.99. The zero-order chi connectivity index (χ0) is 39.3. The minimum absolute atomic E-state index is 0.214. The zero-order valence-electron chi connectivity index (χ0n) is 32.4. The number of carbonyl (C=O) groups excluding carboxylic acids is 3. The molecule has 1 atom stereocenters. The number of hydrogen-bond acceptors (Lipinski definition) is 10. The maximum Gasteiger partial charge on any atom is 0.329 e. The molecule has 0 radical (unpaired) electrons. The van der Waals surface area contributed by atoms with E-state index in [4.69, 9.17) is 5.10 Å². The number of anilines is 2. The number of hydrogen-bond donors (Lipinski definition) is 3. The Balaban J connectivity index is 0.882. The second kappa shape index (κ2) is 14.9. The number of carbonyl (C=O) groups is 3. The number of nitrogens with one attached hydrogen (secondary N) is 2. The van der Waals surface area contributed by atoms with Gasteiger partial charge >= 0.3 is 5.69 Å². The summed E-state index contributed by atoms with van der Waals surface area (Å²) < 4.78 is 5.27. The minimum Gasteiger partial charge on any atom is -0.386 e.